The highest BCUT2D eigenvalue weighted by Crippen LogP contribution is 2.38. The number of nitrogens with zero attached hydrogens (tertiary/aromatic N) is 15. The number of hydrogen-bond donors (Lipinski definition) is 5. The highest BCUT2D eigenvalue weighted by atomic mass is 32.1. The van der Waals surface area contributed by atoms with E-state index in [0.717, 1.165) is 149 Å². The van der Waals surface area contributed by atoms with Crippen LogP contribution in [-0.4, -0.2) is 94.8 Å². The molecule has 25 nitrogen and oxygen atoms in total. The number of nitrogens with one attached hydrogen (secondary N) is 5. The number of Topliss-reactive ketones (excluding diaryl/α,β-unsaturated/α-hetero) is 1. The van der Waals surface area contributed by atoms with Gasteiger partial charge in [0.2, 0.25) is 29.7 Å². The highest BCUT2D eigenvalue weighted by Gasteiger charge is 2.19. The lowest BCUT2D eigenvalue weighted by Gasteiger charge is -2.13. The number of ether oxygens (including phenoxy) is 4. The van der Waals surface area contributed by atoms with Crippen molar-refractivity contribution in [2.45, 2.75) is 27.1 Å². The zero-order valence-corrected chi connectivity index (χ0v) is 79.4. The molecule has 0 fully saturated rings. The van der Waals surface area contributed by atoms with Crippen molar-refractivity contribution in [2.75, 3.05) is 40.8 Å². The Labute approximate surface area is 824 Å². The number of hydrogen-bond acceptors (Lipinski definition) is 30. The van der Waals surface area contributed by atoms with E-state index in [-0.39, 0.29) is 18.0 Å². The topological polar surface area (TPSA) is 307 Å². The number of thiazole rings is 5. The molecule has 10 heterocycles. The summed E-state index contributed by atoms with van der Waals surface area (Å²) < 4.78 is 50.0. The van der Waals surface area contributed by atoms with Gasteiger partial charge in [-0.1, -0.05) is 176 Å². The molecule has 0 atom stereocenters. The van der Waals surface area contributed by atoms with Crippen LogP contribution >= 0.6 is 56.7 Å². The fraction of sp³-hybridized carbons (Fsp3) is 0.0556. The fourth-order valence-electron chi connectivity index (χ4n) is 14.0. The van der Waals surface area contributed by atoms with Crippen LogP contribution in [0.25, 0.3) is 98.0 Å². The Balaban J connectivity index is 0.000000121. The number of halogens is 2. The van der Waals surface area contributed by atoms with Gasteiger partial charge in [-0.15, -0.1) is 56.7 Å². The maximum atomic E-state index is 13.7. The summed E-state index contributed by atoms with van der Waals surface area (Å²) in [7, 11) is 3.30. The van der Waals surface area contributed by atoms with Gasteiger partial charge in [0.25, 0.3) is 0 Å². The van der Waals surface area contributed by atoms with Crippen molar-refractivity contribution in [1.29, 1.82) is 0 Å². The number of aryl methyl sites for hydroxylation is 1. The van der Waals surface area contributed by atoms with Crippen LogP contribution in [0.4, 0.5) is 67.0 Å². The molecule has 0 saturated carbocycles. The minimum absolute atomic E-state index is 0.0449. The normalized spacial score (nSPS) is 10.6. The molecule has 0 radical (unpaired) electrons. The third kappa shape index (κ3) is 25.6. The van der Waals surface area contributed by atoms with E-state index in [1.807, 2.05) is 222 Å². The number of carbonyl (C=O) groups is 1. The Morgan fingerprint density at radius 2 is 0.693 bits per heavy atom. The summed E-state index contributed by atoms with van der Waals surface area (Å²) in [5.74, 6) is 3.98. The molecule has 32 heteroatoms. The zero-order valence-electron chi connectivity index (χ0n) is 75.3. The van der Waals surface area contributed by atoms with Gasteiger partial charge in [0.1, 0.15) is 101 Å². The number of methoxy groups -OCH3 is 2. The van der Waals surface area contributed by atoms with Crippen molar-refractivity contribution in [3.05, 3.63) is 414 Å². The molecule has 21 aromatic rings. The Hall–Kier alpha value is -17.3. The van der Waals surface area contributed by atoms with Crippen LogP contribution < -0.4 is 45.5 Å². The number of benzene rings is 11. The first-order valence-electron chi connectivity index (χ1n) is 43.5. The summed E-state index contributed by atoms with van der Waals surface area (Å²) in [6, 6.07) is 92.4. The van der Waals surface area contributed by atoms with Crippen LogP contribution in [0.15, 0.2) is 380 Å². The molecule has 0 aliphatic rings. The summed E-state index contributed by atoms with van der Waals surface area (Å²) >= 11 is 7.68. The van der Waals surface area contributed by atoms with E-state index in [1.165, 1.54) is 40.9 Å². The molecule has 0 amide bonds. The predicted molar refractivity (Wildman–Crippen MR) is 555 cm³/mol. The van der Waals surface area contributed by atoms with Gasteiger partial charge in [-0.2, -0.15) is 0 Å². The van der Waals surface area contributed by atoms with E-state index >= 15 is 0 Å². The smallest absolute Gasteiger partial charge is 0.227 e. The number of aromatic nitrogens is 15. The Bertz CT molecular complexity index is 7610. The van der Waals surface area contributed by atoms with Gasteiger partial charge in [0, 0.05) is 118 Å². The molecule has 140 heavy (non-hydrogen) atoms. The molecule has 0 saturated heterocycles. The van der Waals surface area contributed by atoms with E-state index in [2.05, 4.69) is 162 Å². The van der Waals surface area contributed by atoms with E-state index in [9.17, 15) is 13.6 Å². The molecule has 10 aromatic heterocycles. The van der Waals surface area contributed by atoms with E-state index in [1.54, 1.807) is 141 Å². The van der Waals surface area contributed by atoms with Gasteiger partial charge < -0.3 is 45.5 Å². The molecule has 11 aromatic carbocycles. The van der Waals surface area contributed by atoms with Crippen LogP contribution in [0.1, 0.15) is 34.0 Å². The summed E-state index contributed by atoms with van der Waals surface area (Å²) in [6.07, 6.45) is 17.4. The fourth-order valence-corrected chi connectivity index (χ4v) is 17.2. The minimum atomic E-state index is -0.637. The first-order chi connectivity index (χ1) is 68.8. The summed E-state index contributed by atoms with van der Waals surface area (Å²) in [5, 5.41) is 30.1. The van der Waals surface area contributed by atoms with E-state index in [4.69, 9.17) is 18.9 Å². The van der Waals surface area contributed by atoms with Crippen molar-refractivity contribution in [3.8, 4) is 121 Å². The minimum Gasteiger partial charge on any atom is -0.495 e. The van der Waals surface area contributed by atoms with Crippen LogP contribution in [0.2, 0.25) is 0 Å². The molecule has 21 rings (SSSR count). The van der Waals surface area contributed by atoms with Crippen molar-refractivity contribution >= 4 is 121 Å². The van der Waals surface area contributed by atoms with Gasteiger partial charge in [0.15, 0.2) is 5.78 Å². The quantitative estimate of drug-likeness (QED) is 0.0285. The Morgan fingerprint density at radius 1 is 0.321 bits per heavy atom. The number of anilines is 10. The first-order valence-corrected chi connectivity index (χ1v) is 47.9. The van der Waals surface area contributed by atoms with E-state index < -0.39 is 11.6 Å². The van der Waals surface area contributed by atoms with Gasteiger partial charge in [-0.25, -0.2) is 83.5 Å². The Kier molecular flexibility index (Phi) is 31.9. The monoisotopic (exact) mass is 1940 g/mol. The van der Waals surface area contributed by atoms with Crippen molar-refractivity contribution in [1.82, 2.24) is 74.8 Å². The lowest BCUT2D eigenvalue weighted by molar-refractivity contribution is 0.101. The first kappa shape index (κ1) is 94.5. The third-order valence-electron chi connectivity index (χ3n) is 20.7. The predicted octanol–water partition coefficient (Wildman–Crippen LogP) is 27.4. The largest absolute Gasteiger partial charge is 0.495 e. The number of rotatable bonds is 28. The Morgan fingerprint density at radius 3 is 1.16 bits per heavy atom. The zero-order chi connectivity index (χ0) is 96.0. The standard InChI is InChI=1S/C26H20N4OS.C21H18N4OS.C21H16N4OS.C20H14F2N4OS.C20H16N4OS/c1-2-6-19(7-3-1)18-31-23-11-5-9-21(17-23)20-8-4-10-22(16-20)29-26-28-13-12-24(30-26)25-27-14-15-32-25;1-14-13-23-21(25-19(14)20-22-10-11-27-20)24-17-12-16(8-9-18(17)26-2)15-6-4-3-5-7-15;1-14(26)17-7-2-3-8-18(17)15-5-4-6-16(13-15)24-21-23-10-9-19(25-21)20-22-11-12-27-20;21-16-5-2-6-17(22)15(16)12-27-14-4-1-3-13(11-14)25-20-24-8-7-18(26-20)19-23-9-10-28-19;1-25-18-8-7-15(14-5-3-2-4-6-14)13-17(18)24-20-22-10-9-16(23-20)19-21-11-12-26-19/h1-17H,18H2,(H,28,29,30);3-13H,1-2H3,(H,23,24,25);2-13H,1H3,(H,23,24,25);1-11H,12H2,(H,24,25,26);2-13H,1H3,(H,22,23,24). The SMILES string of the molecule is CC(=O)c1ccccc1-c1cccc(Nc2nccc(-c3nccs3)n2)c1.COc1ccc(-c2ccccc2)cc1Nc1ncc(C)c(-c2nccs2)n1.COc1ccc(-c2ccccc2)cc1Nc1nccc(-c2nccs2)n1.Fc1cccc(F)c1COc1cccc(Nc2nccc(-c3nccs3)n2)c1.c1ccc(COc2cccc(-c3cccc(Nc4nccc(-c5nccs5)n4)c3)c2)cc1. The second-order valence-corrected chi connectivity index (χ2v) is 34.7. The third-order valence-corrected chi connectivity index (χ3v) is 24.7. The average molecular weight is 1940 g/mol. The summed E-state index contributed by atoms with van der Waals surface area (Å²) in [6.45, 7) is 3.90. The summed E-state index contributed by atoms with van der Waals surface area (Å²) in [5.41, 5.74) is 19.2. The number of carbonyl (C=O) groups excluding carboxylic acids is 1. The second kappa shape index (κ2) is 47.3. The molecular formula is C108H84F2N20O5S5. The molecule has 0 aliphatic carbocycles. The van der Waals surface area contributed by atoms with Crippen molar-refractivity contribution < 1.29 is 32.5 Å². The molecular weight excluding hydrogens is 1860 g/mol. The lowest BCUT2D eigenvalue weighted by Crippen LogP contribution is -2.02. The molecule has 0 bridgehead atoms. The summed E-state index contributed by atoms with van der Waals surface area (Å²) in [4.78, 5) is 77.8. The van der Waals surface area contributed by atoms with Gasteiger partial charge in [-0.3, -0.25) is 4.79 Å². The van der Waals surface area contributed by atoms with Crippen LogP contribution in [-0.2, 0) is 13.2 Å². The van der Waals surface area contributed by atoms with Gasteiger partial charge in [-0.05, 0) is 179 Å². The molecule has 5 N–H and O–H groups in total. The van der Waals surface area contributed by atoms with Gasteiger partial charge >= 0.3 is 0 Å². The maximum absolute atomic E-state index is 13.7. The van der Waals surface area contributed by atoms with Gasteiger partial charge in [0.05, 0.1) is 31.2 Å². The van der Waals surface area contributed by atoms with Crippen LogP contribution in [0.3, 0.4) is 0 Å². The lowest BCUT2D eigenvalue weighted by atomic mass is 9.97. The molecule has 690 valence electrons. The maximum Gasteiger partial charge on any atom is 0.227 e. The van der Waals surface area contributed by atoms with Crippen LogP contribution in [0.5, 0.6) is 23.0 Å². The second-order valence-electron chi connectivity index (χ2n) is 30.2. The highest BCUT2D eigenvalue weighted by molar-refractivity contribution is 7.14. The van der Waals surface area contributed by atoms with Crippen molar-refractivity contribution in [2.24, 2.45) is 0 Å². The van der Waals surface area contributed by atoms with Crippen molar-refractivity contribution in [3.63, 3.8) is 0 Å². The van der Waals surface area contributed by atoms with E-state index in [0.29, 0.717) is 53.3 Å². The number of ketones is 1. The average Bonchev–Trinajstić information content (AvgIpc) is 1.20. The van der Waals surface area contributed by atoms with Crippen LogP contribution in [0, 0.1) is 18.6 Å². The molecule has 0 spiro atoms. The molecule has 0 aliphatic heterocycles. The molecule has 0 unspecified atom stereocenters.